The number of rotatable bonds is 4. The molecule has 0 spiro atoms. The van der Waals surface area contributed by atoms with Crippen LogP contribution in [0.2, 0.25) is 0 Å². The van der Waals surface area contributed by atoms with Crippen LogP contribution in [-0.4, -0.2) is 42.9 Å². The second-order valence-electron chi connectivity index (χ2n) is 6.77. The molecule has 0 bridgehead atoms. The number of carbonyl (C=O) groups is 1. The molecule has 2 fully saturated rings. The Bertz CT molecular complexity index is 461. The fourth-order valence-electron chi connectivity index (χ4n) is 3.55. The molecule has 6 nitrogen and oxygen atoms in total. The normalized spacial score (nSPS) is 35.5. The van der Waals surface area contributed by atoms with Gasteiger partial charge in [0.2, 0.25) is 0 Å². The van der Waals surface area contributed by atoms with Gasteiger partial charge < -0.3 is 5.11 Å². The molecule has 0 aromatic rings. The summed E-state index contributed by atoms with van der Waals surface area (Å²) >= 11 is 0. The van der Waals surface area contributed by atoms with Crippen molar-refractivity contribution in [3.8, 4) is 0 Å². The molecule has 1 saturated heterocycles. The van der Waals surface area contributed by atoms with Crippen molar-refractivity contribution in [2.75, 3.05) is 13.1 Å². The molecule has 2 aliphatic rings. The monoisotopic (exact) mass is 318 g/mol. The largest absolute Gasteiger partial charge is 0.481 e. The molecule has 21 heavy (non-hydrogen) atoms. The molecule has 0 aromatic heterocycles. The molecular formula is C14H26N2O4S. The molecule has 0 amide bonds. The van der Waals surface area contributed by atoms with E-state index < -0.39 is 16.2 Å². The highest BCUT2D eigenvalue weighted by Gasteiger charge is 2.33. The second kappa shape index (κ2) is 6.62. The number of carboxylic acids is 1. The third kappa shape index (κ3) is 4.40. The molecule has 1 heterocycles. The third-order valence-electron chi connectivity index (χ3n) is 4.57. The van der Waals surface area contributed by atoms with Crippen molar-refractivity contribution in [1.29, 1.82) is 0 Å². The van der Waals surface area contributed by atoms with Gasteiger partial charge >= 0.3 is 5.97 Å². The van der Waals surface area contributed by atoms with Crippen LogP contribution in [0.3, 0.4) is 0 Å². The fraction of sp³-hybridized carbons (Fsp3) is 0.929. The van der Waals surface area contributed by atoms with Crippen LogP contribution in [0.1, 0.15) is 46.0 Å². The number of nitrogens with one attached hydrogen (secondary N) is 1. The zero-order valence-electron chi connectivity index (χ0n) is 12.8. The minimum atomic E-state index is -3.45. The van der Waals surface area contributed by atoms with Crippen LogP contribution in [0.5, 0.6) is 0 Å². The van der Waals surface area contributed by atoms with Gasteiger partial charge in [-0.3, -0.25) is 4.79 Å². The summed E-state index contributed by atoms with van der Waals surface area (Å²) < 4.78 is 29.2. The lowest BCUT2D eigenvalue weighted by molar-refractivity contribution is -0.142. The molecule has 2 rings (SSSR count). The van der Waals surface area contributed by atoms with Crippen LogP contribution in [0.15, 0.2) is 0 Å². The van der Waals surface area contributed by atoms with E-state index in [-0.39, 0.29) is 12.0 Å². The molecule has 1 aliphatic heterocycles. The Morgan fingerprint density at radius 2 is 1.62 bits per heavy atom. The molecule has 0 radical (unpaired) electrons. The highest BCUT2D eigenvalue weighted by Crippen LogP contribution is 2.27. The van der Waals surface area contributed by atoms with Crippen LogP contribution >= 0.6 is 0 Å². The first-order valence-electron chi connectivity index (χ1n) is 7.78. The Morgan fingerprint density at radius 3 is 2.10 bits per heavy atom. The summed E-state index contributed by atoms with van der Waals surface area (Å²) in [6.45, 7) is 5.31. The third-order valence-corrected chi connectivity index (χ3v) is 6.18. The van der Waals surface area contributed by atoms with Crippen LogP contribution in [-0.2, 0) is 15.0 Å². The summed E-state index contributed by atoms with van der Waals surface area (Å²) in [7, 11) is -3.45. The van der Waals surface area contributed by atoms with Crippen molar-refractivity contribution in [3.63, 3.8) is 0 Å². The fourth-order valence-corrected chi connectivity index (χ4v) is 5.25. The van der Waals surface area contributed by atoms with E-state index in [2.05, 4.69) is 18.6 Å². The highest BCUT2D eigenvalue weighted by molar-refractivity contribution is 7.87. The van der Waals surface area contributed by atoms with Crippen molar-refractivity contribution in [2.24, 2.45) is 17.8 Å². The first kappa shape index (κ1) is 16.7. The average Bonchev–Trinajstić information content (AvgIpc) is 2.37. The SMILES string of the molecule is CC1CC(C)CN(S(=O)(=O)NC2CCC(C(=O)O)CC2)C1. The molecule has 1 saturated carbocycles. The minimum absolute atomic E-state index is 0.127. The topological polar surface area (TPSA) is 86.7 Å². The lowest BCUT2D eigenvalue weighted by Crippen LogP contribution is -2.51. The van der Waals surface area contributed by atoms with Crippen molar-refractivity contribution < 1.29 is 18.3 Å². The standard InChI is InChI=1S/C14H26N2O4S/c1-10-7-11(2)9-16(8-10)21(19,20)15-13-5-3-12(4-6-13)14(17)18/h10-13,15H,3-9H2,1-2H3,(H,17,18). The number of nitrogens with zero attached hydrogens (tertiary/aromatic N) is 1. The molecule has 2 N–H and O–H groups in total. The number of aliphatic carboxylic acids is 1. The quantitative estimate of drug-likeness (QED) is 0.821. The molecule has 0 aromatic carbocycles. The smallest absolute Gasteiger partial charge is 0.306 e. The Morgan fingerprint density at radius 1 is 1.10 bits per heavy atom. The van der Waals surface area contributed by atoms with E-state index in [4.69, 9.17) is 5.11 Å². The van der Waals surface area contributed by atoms with Gasteiger partial charge in [-0.2, -0.15) is 17.4 Å². The van der Waals surface area contributed by atoms with Crippen molar-refractivity contribution in [1.82, 2.24) is 9.03 Å². The number of hydrogen-bond donors (Lipinski definition) is 2. The molecule has 7 heteroatoms. The Labute approximate surface area is 127 Å². The first-order chi connectivity index (χ1) is 9.78. The maximum Gasteiger partial charge on any atom is 0.306 e. The van der Waals surface area contributed by atoms with Gasteiger partial charge in [0.1, 0.15) is 0 Å². The highest BCUT2D eigenvalue weighted by atomic mass is 32.2. The number of piperidine rings is 1. The summed E-state index contributed by atoms with van der Waals surface area (Å²) in [5.74, 6) is -0.322. The summed E-state index contributed by atoms with van der Waals surface area (Å²) in [4.78, 5) is 10.9. The van der Waals surface area contributed by atoms with Gasteiger partial charge in [0.25, 0.3) is 10.2 Å². The maximum absolute atomic E-state index is 12.5. The first-order valence-corrected chi connectivity index (χ1v) is 9.22. The van der Waals surface area contributed by atoms with E-state index in [9.17, 15) is 13.2 Å². The van der Waals surface area contributed by atoms with Gasteiger partial charge in [-0.1, -0.05) is 13.8 Å². The van der Waals surface area contributed by atoms with E-state index in [0.717, 1.165) is 6.42 Å². The number of carboxylic acid groups (broad SMARTS) is 1. The van der Waals surface area contributed by atoms with Gasteiger partial charge in [0.05, 0.1) is 5.92 Å². The van der Waals surface area contributed by atoms with E-state index in [0.29, 0.717) is 50.6 Å². The molecule has 122 valence electrons. The zero-order chi connectivity index (χ0) is 15.6. The second-order valence-corrected chi connectivity index (χ2v) is 8.47. The Kier molecular flexibility index (Phi) is 5.27. The summed E-state index contributed by atoms with van der Waals surface area (Å²) in [5.41, 5.74) is 0. The van der Waals surface area contributed by atoms with E-state index >= 15 is 0 Å². The van der Waals surface area contributed by atoms with Gasteiger partial charge in [0, 0.05) is 19.1 Å². The minimum Gasteiger partial charge on any atom is -0.481 e. The lowest BCUT2D eigenvalue weighted by Gasteiger charge is -2.36. The summed E-state index contributed by atoms with van der Waals surface area (Å²) in [6, 6.07) is -0.127. The van der Waals surface area contributed by atoms with Crippen LogP contribution in [0.4, 0.5) is 0 Å². The molecular weight excluding hydrogens is 292 g/mol. The van der Waals surface area contributed by atoms with Crippen molar-refractivity contribution >= 4 is 16.2 Å². The maximum atomic E-state index is 12.5. The lowest BCUT2D eigenvalue weighted by atomic mass is 9.87. The van der Waals surface area contributed by atoms with Crippen LogP contribution in [0, 0.1) is 17.8 Å². The van der Waals surface area contributed by atoms with E-state index in [1.54, 1.807) is 4.31 Å². The molecule has 2 unspecified atom stereocenters. The molecule has 2 atom stereocenters. The Hall–Kier alpha value is -0.660. The van der Waals surface area contributed by atoms with Gasteiger partial charge in [-0.25, -0.2) is 0 Å². The van der Waals surface area contributed by atoms with Gasteiger partial charge in [-0.15, -0.1) is 0 Å². The van der Waals surface area contributed by atoms with Crippen LogP contribution < -0.4 is 4.72 Å². The van der Waals surface area contributed by atoms with E-state index in [1.165, 1.54) is 0 Å². The van der Waals surface area contributed by atoms with Gasteiger partial charge in [0.15, 0.2) is 0 Å². The summed E-state index contributed by atoms with van der Waals surface area (Å²) in [6.07, 6.45) is 3.38. The zero-order valence-corrected chi connectivity index (χ0v) is 13.6. The average molecular weight is 318 g/mol. The van der Waals surface area contributed by atoms with Crippen LogP contribution in [0.25, 0.3) is 0 Å². The van der Waals surface area contributed by atoms with Gasteiger partial charge in [-0.05, 0) is 43.9 Å². The van der Waals surface area contributed by atoms with Crippen molar-refractivity contribution in [3.05, 3.63) is 0 Å². The van der Waals surface area contributed by atoms with Crippen molar-refractivity contribution in [2.45, 2.75) is 52.0 Å². The predicted molar refractivity (Wildman–Crippen MR) is 80.0 cm³/mol. The molecule has 1 aliphatic carbocycles. The Balaban J connectivity index is 1.91. The summed E-state index contributed by atoms with van der Waals surface area (Å²) in [5, 5.41) is 8.97. The number of hydrogen-bond acceptors (Lipinski definition) is 3. The predicted octanol–water partition coefficient (Wildman–Crippen LogP) is 1.44. The van der Waals surface area contributed by atoms with E-state index in [1.807, 2.05) is 0 Å².